The molecule has 0 aromatic heterocycles. The van der Waals surface area contributed by atoms with Gasteiger partial charge in [0.15, 0.2) is 0 Å². The molecule has 0 saturated heterocycles. The minimum Gasteiger partial charge on any atom is -0.378 e. The highest BCUT2D eigenvalue weighted by Crippen LogP contribution is 2.20. The number of hydrogen-bond acceptors (Lipinski definition) is 4. The van der Waals surface area contributed by atoms with Gasteiger partial charge in [0.2, 0.25) is 0 Å². The SMILES string of the molecule is CC(C)C(O)NC1CCCCC1NS(=O)(=O)O. The summed E-state index contributed by atoms with van der Waals surface area (Å²) in [4.78, 5) is 0. The van der Waals surface area contributed by atoms with Gasteiger partial charge in [0, 0.05) is 12.1 Å². The average Bonchev–Trinajstić information content (AvgIpc) is 2.18. The fraction of sp³-hybridized carbons (Fsp3) is 1.00. The molecule has 17 heavy (non-hydrogen) atoms. The van der Waals surface area contributed by atoms with E-state index in [0.717, 1.165) is 19.3 Å². The lowest BCUT2D eigenvalue weighted by Crippen LogP contribution is -2.55. The van der Waals surface area contributed by atoms with Crippen molar-refractivity contribution < 1.29 is 18.1 Å². The van der Waals surface area contributed by atoms with Crippen LogP contribution >= 0.6 is 0 Å². The molecule has 4 N–H and O–H groups in total. The van der Waals surface area contributed by atoms with Crippen LogP contribution in [0, 0.1) is 5.92 Å². The maximum Gasteiger partial charge on any atom is 0.333 e. The minimum absolute atomic E-state index is 0.0586. The second kappa shape index (κ2) is 6.10. The Balaban J connectivity index is 2.60. The van der Waals surface area contributed by atoms with Gasteiger partial charge in [-0.3, -0.25) is 9.87 Å². The third kappa shape index (κ3) is 5.31. The molecule has 0 heterocycles. The molecule has 0 aromatic rings. The van der Waals surface area contributed by atoms with E-state index in [-0.39, 0.29) is 18.0 Å². The summed E-state index contributed by atoms with van der Waals surface area (Å²) in [6.45, 7) is 3.76. The minimum atomic E-state index is -4.18. The maximum atomic E-state index is 10.8. The largest absolute Gasteiger partial charge is 0.378 e. The van der Waals surface area contributed by atoms with Crippen molar-refractivity contribution in [1.29, 1.82) is 0 Å². The smallest absolute Gasteiger partial charge is 0.333 e. The van der Waals surface area contributed by atoms with Gasteiger partial charge in [-0.05, 0) is 18.8 Å². The predicted octanol–water partition coefficient (Wildman–Crippen LogP) is 0.254. The molecule has 1 aliphatic rings. The molecule has 6 nitrogen and oxygen atoms in total. The third-order valence-electron chi connectivity index (χ3n) is 3.08. The van der Waals surface area contributed by atoms with Gasteiger partial charge in [0.1, 0.15) is 6.23 Å². The Kier molecular flexibility index (Phi) is 5.33. The molecule has 3 atom stereocenters. The van der Waals surface area contributed by atoms with E-state index >= 15 is 0 Å². The van der Waals surface area contributed by atoms with E-state index in [1.165, 1.54) is 0 Å². The van der Waals surface area contributed by atoms with Crippen LogP contribution in [0.1, 0.15) is 39.5 Å². The molecule has 1 aliphatic carbocycles. The van der Waals surface area contributed by atoms with Crippen molar-refractivity contribution in [2.24, 2.45) is 5.92 Å². The van der Waals surface area contributed by atoms with Crippen molar-refractivity contribution in [1.82, 2.24) is 10.0 Å². The zero-order valence-electron chi connectivity index (χ0n) is 10.3. The van der Waals surface area contributed by atoms with Crippen LogP contribution in [-0.2, 0) is 10.3 Å². The summed E-state index contributed by atoms with van der Waals surface area (Å²) in [7, 11) is -4.18. The molecule has 1 saturated carbocycles. The van der Waals surface area contributed by atoms with Crippen LogP contribution in [0.5, 0.6) is 0 Å². The van der Waals surface area contributed by atoms with E-state index in [2.05, 4.69) is 10.0 Å². The highest BCUT2D eigenvalue weighted by atomic mass is 32.2. The van der Waals surface area contributed by atoms with Gasteiger partial charge in [-0.25, -0.2) is 0 Å². The van der Waals surface area contributed by atoms with E-state index in [1.54, 1.807) is 0 Å². The number of aliphatic hydroxyl groups excluding tert-OH is 1. The number of aliphatic hydroxyl groups is 1. The summed E-state index contributed by atoms with van der Waals surface area (Å²) in [5.74, 6) is 0.0586. The first-order valence-electron chi connectivity index (χ1n) is 5.98. The molecule has 0 aliphatic heterocycles. The lowest BCUT2D eigenvalue weighted by Gasteiger charge is -2.34. The second-order valence-corrected chi connectivity index (χ2v) is 6.13. The first-order chi connectivity index (χ1) is 7.79. The van der Waals surface area contributed by atoms with E-state index in [0.29, 0.717) is 6.42 Å². The van der Waals surface area contributed by atoms with Crippen LogP contribution in [0.25, 0.3) is 0 Å². The number of hydrogen-bond donors (Lipinski definition) is 4. The van der Waals surface area contributed by atoms with E-state index in [4.69, 9.17) is 4.55 Å². The van der Waals surface area contributed by atoms with Gasteiger partial charge in [0.25, 0.3) is 0 Å². The molecule has 0 spiro atoms. The third-order valence-corrected chi connectivity index (χ3v) is 3.68. The Morgan fingerprint density at radius 3 is 2.18 bits per heavy atom. The Hall–Kier alpha value is -0.210. The highest BCUT2D eigenvalue weighted by molar-refractivity contribution is 7.83. The molecular formula is C10H22N2O4S. The Morgan fingerprint density at radius 2 is 1.71 bits per heavy atom. The van der Waals surface area contributed by atoms with Crippen molar-refractivity contribution in [3.63, 3.8) is 0 Å². The van der Waals surface area contributed by atoms with Gasteiger partial charge < -0.3 is 5.11 Å². The van der Waals surface area contributed by atoms with Crippen LogP contribution in [0.3, 0.4) is 0 Å². The van der Waals surface area contributed by atoms with Gasteiger partial charge in [-0.2, -0.15) is 13.1 Å². The van der Waals surface area contributed by atoms with Gasteiger partial charge in [0.05, 0.1) is 0 Å². The standard InChI is InChI=1S/C10H22N2O4S/c1-7(2)10(13)11-8-5-3-4-6-9(8)12-17(14,15)16/h7-13H,3-6H2,1-2H3,(H,14,15,16). The molecule has 1 fully saturated rings. The fourth-order valence-corrected chi connectivity index (χ4v) is 2.74. The average molecular weight is 266 g/mol. The number of rotatable bonds is 5. The summed E-state index contributed by atoms with van der Waals surface area (Å²) in [5, 5.41) is 12.8. The van der Waals surface area contributed by atoms with Crippen molar-refractivity contribution >= 4 is 10.3 Å². The lowest BCUT2D eigenvalue weighted by molar-refractivity contribution is 0.0657. The van der Waals surface area contributed by atoms with Gasteiger partial charge >= 0.3 is 10.3 Å². The molecule has 1 rings (SSSR count). The molecule has 0 radical (unpaired) electrons. The predicted molar refractivity (Wildman–Crippen MR) is 64.7 cm³/mol. The first kappa shape index (κ1) is 14.8. The van der Waals surface area contributed by atoms with Crippen LogP contribution in [-0.4, -0.2) is 36.4 Å². The van der Waals surface area contributed by atoms with Gasteiger partial charge in [-0.15, -0.1) is 0 Å². The van der Waals surface area contributed by atoms with Crippen molar-refractivity contribution in [2.45, 2.75) is 57.8 Å². The fourth-order valence-electron chi connectivity index (χ4n) is 2.07. The first-order valence-corrected chi connectivity index (χ1v) is 7.42. The second-order valence-electron chi connectivity index (χ2n) is 4.95. The maximum absolute atomic E-state index is 10.8. The van der Waals surface area contributed by atoms with Crippen LogP contribution in [0.2, 0.25) is 0 Å². The van der Waals surface area contributed by atoms with Crippen LogP contribution < -0.4 is 10.0 Å². The van der Waals surface area contributed by atoms with Crippen molar-refractivity contribution in [2.75, 3.05) is 0 Å². The lowest BCUT2D eigenvalue weighted by atomic mass is 9.90. The van der Waals surface area contributed by atoms with E-state index < -0.39 is 16.5 Å². The van der Waals surface area contributed by atoms with E-state index in [9.17, 15) is 13.5 Å². The summed E-state index contributed by atoms with van der Waals surface area (Å²) < 4.78 is 32.6. The molecule has 0 bridgehead atoms. The molecule has 0 amide bonds. The Labute approximate surface area is 103 Å². The molecule has 3 unspecified atom stereocenters. The molecule has 7 heteroatoms. The summed E-state index contributed by atoms with van der Waals surface area (Å²) >= 11 is 0. The zero-order valence-corrected chi connectivity index (χ0v) is 11.1. The normalized spacial score (nSPS) is 28.3. The Bertz CT molecular complexity index is 331. The highest BCUT2D eigenvalue weighted by Gasteiger charge is 2.29. The summed E-state index contributed by atoms with van der Waals surface area (Å²) in [6.07, 6.45) is 2.71. The van der Waals surface area contributed by atoms with Gasteiger partial charge in [-0.1, -0.05) is 26.7 Å². The van der Waals surface area contributed by atoms with Crippen LogP contribution in [0.15, 0.2) is 0 Å². The van der Waals surface area contributed by atoms with Crippen molar-refractivity contribution in [3.8, 4) is 0 Å². The molecule has 102 valence electrons. The Morgan fingerprint density at radius 1 is 1.18 bits per heavy atom. The summed E-state index contributed by atoms with van der Waals surface area (Å²) in [5.41, 5.74) is 0. The van der Waals surface area contributed by atoms with Crippen LogP contribution in [0.4, 0.5) is 0 Å². The monoisotopic (exact) mass is 266 g/mol. The van der Waals surface area contributed by atoms with Crippen molar-refractivity contribution in [3.05, 3.63) is 0 Å². The number of nitrogens with one attached hydrogen (secondary N) is 2. The quantitative estimate of drug-likeness (QED) is 0.422. The molecule has 0 aromatic carbocycles. The topological polar surface area (TPSA) is 98.7 Å². The molecular weight excluding hydrogens is 244 g/mol. The van der Waals surface area contributed by atoms with E-state index in [1.807, 2.05) is 13.8 Å². The zero-order chi connectivity index (χ0) is 13.1. The summed E-state index contributed by atoms with van der Waals surface area (Å²) in [6, 6.07) is -0.491.